The number of rotatable bonds is 5. The van der Waals surface area contributed by atoms with Crippen LogP contribution in [0.15, 0.2) is 18.2 Å². The zero-order chi connectivity index (χ0) is 14.6. The summed E-state index contributed by atoms with van der Waals surface area (Å²) in [4.78, 5) is 11.3. The number of carbonyl (C=O) groups is 1. The van der Waals surface area contributed by atoms with Gasteiger partial charge in [0.05, 0.1) is 13.1 Å². The Morgan fingerprint density at radius 3 is 2.16 bits per heavy atom. The fourth-order valence-electron chi connectivity index (χ4n) is 1.57. The average Bonchev–Trinajstić information content (AvgIpc) is 2.10. The van der Waals surface area contributed by atoms with Gasteiger partial charge in [0, 0.05) is 16.6 Å². The molecule has 3 nitrogen and oxygen atoms in total. The van der Waals surface area contributed by atoms with Crippen molar-refractivity contribution in [2.45, 2.75) is 12.7 Å². The second kappa shape index (κ2) is 6.45. The highest BCUT2D eigenvalue weighted by molar-refractivity contribution is 6.34. The van der Waals surface area contributed by atoms with Crippen LogP contribution in [0.3, 0.4) is 0 Å². The Balaban J connectivity index is 2.84. The van der Waals surface area contributed by atoms with Gasteiger partial charge in [0.1, 0.15) is 0 Å². The molecule has 1 N–H and O–H groups in total. The van der Waals surface area contributed by atoms with Crippen molar-refractivity contribution in [3.05, 3.63) is 33.8 Å². The summed E-state index contributed by atoms with van der Waals surface area (Å²) in [5.74, 6) is -1.34. The molecular weight excluding hydrogens is 306 g/mol. The van der Waals surface area contributed by atoms with Crippen LogP contribution in [-0.4, -0.2) is 35.2 Å². The van der Waals surface area contributed by atoms with Gasteiger partial charge in [0.2, 0.25) is 0 Å². The predicted molar refractivity (Wildman–Crippen MR) is 65.4 cm³/mol. The highest BCUT2D eigenvalue weighted by Gasteiger charge is 2.31. The number of carboxylic acid groups (broad SMARTS) is 1. The van der Waals surface area contributed by atoms with Crippen LogP contribution in [0.1, 0.15) is 5.56 Å². The molecule has 106 valence electrons. The van der Waals surface area contributed by atoms with Crippen molar-refractivity contribution in [1.29, 1.82) is 0 Å². The van der Waals surface area contributed by atoms with Gasteiger partial charge in [0.15, 0.2) is 0 Å². The summed E-state index contributed by atoms with van der Waals surface area (Å²) in [6.45, 7) is -2.24. The first-order valence-corrected chi connectivity index (χ1v) is 5.87. The number of nitrogens with zero attached hydrogens (tertiary/aromatic N) is 1. The highest BCUT2D eigenvalue weighted by Crippen LogP contribution is 2.22. The van der Waals surface area contributed by atoms with Crippen LogP contribution < -0.4 is 0 Å². The molecule has 8 heteroatoms. The lowest BCUT2D eigenvalue weighted by atomic mass is 10.2. The van der Waals surface area contributed by atoms with Crippen LogP contribution in [0, 0.1) is 0 Å². The summed E-state index contributed by atoms with van der Waals surface area (Å²) in [6, 6.07) is 4.33. The normalized spacial score (nSPS) is 11.9. The van der Waals surface area contributed by atoms with E-state index in [4.69, 9.17) is 28.3 Å². The van der Waals surface area contributed by atoms with Gasteiger partial charge >= 0.3 is 12.1 Å². The molecule has 0 unspecified atom stereocenters. The molecule has 0 aliphatic heterocycles. The summed E-state index contributed by atoms with van der Waals surface area (Å²) < 4.78 is 37.0. The topological polar surface area (TPSA) is 40.5 Å². The van der Waals surface area contributed by atoms with Gasteiger partial charge in [-0.3, -0.25) is 9.69 Å². The number of hydrogen-bond donors (Lipinski definition) is 1. The third-order valence-corrected chi connectivity index (χ3v) is 2.53. The van der Waals surface area contributed by atoms with Gasteiger partial charge in [-0.05, 0) is 23.8 Å². The minimum atomic E-state index is -4.47. The molecule has 0 amide bonds. The van der Waals surface area contributed by atoms with Crippen LogP contribution in [0.4, 0.5) is 13.2 Å². The quantitative estimate of drug-likeness (QED) is 0.904. The Bertz CT molecular complexity index is 445. The maximum atomic E-state index is 12.3. The number of carboxylic acids is 1. The molecule has 0 aliphatic carbocycles. The molecule has 0 saturated carbocycles. The average molecular weight is 316 g/mol. The smallest absolute Gasteiger partial charge is 0.401 e. The lowest BCUT2D eigenvalue weighted by molar-refractivity contribution is -0.154. The molecule has 0 aromatic heterocycles. The molecule has 0 aliphatic rings. The molecule has 0 atom stereocenters. The van der Waals surface area contributed by atoms with Crippen molar-refractivity contribution in [3.63, 3.8) is 0 Å². The molecule has 19 heavy (non-hydrogen) atoms. The zero-order valence-corrected chi connectivity index (χ0v) is 11.1. The maximum Gasteiger partial charge on any atom is 0.401 e. The van der Waals surface area contributed by atoms with Crippen LogP contribution in [0.2, 0.25) is 10.0 Å². The molecule has 0 radical (unpaired) electrons. The first-order chi connectivity index (χ1) is 8.65. The first-order valence-electron chi connectivity index (χ1n) is 5.11. The van der Waals surface area contributed by atoms with Crippen molar-refractivity contribution >= 4 is 29.2 Å². The Morgan fingerprint density at radius 2 is 1.74 bits per heavy atom. The van der Waals surface area contributed by atoms with Crippen LogP contribution >= 0.6 is 23.2 Å². The summed E-state index contributed by atoms with van der Waals surface area (Å²) in [5.41, 5.74) is 0.419. The van der Waals surface area contributed by atoms with Crippen LogP contribution in [-0.2, 0) is 11.3 Å². The summed E-state index contributed by atoms with van der Waals surface area (Å²) in [7, 11) is 0. The summed E-state index contributed by atoms with van der Waals surface area (Å²) in [6.07, 6.45) is -4.47. The van der Waals surface area contributed by atoms with Crippen LogP contribution in [0.25, 0.3) is 0 Å². The lowest BCUT2D eigenvalue weighted by Gasteiger charge is -2.21. The van der Waals surface area contributed by atoms with E-state index in [1.807, 2.05) is 0 Å². The lowest BCUT2D eigenvalue weighted by Crippen LogP contribution is -2.37. The summed E-state index contributed by atoms with van der Waals surface area (Å²) >= 11 is 11.5. The van der Waals surface area contributed by atoms with E-state index < -0.39 is 25.2 Å². The van der Waals surface area contributed by atoms with Gasteiger partial charge in [-0.2, -0.15) is 13.2 Å². The van der Waals surface area contributed by atoms with Crippen molar-refractivity contribution in [3.8, 4) is 0 Å². The fourth-order valence-corrected chi connectivity index (χ4v) is 2.14. The minimum absolute atomic E-state index is 0.202. The molecule has 1 aromatic rings. The van der Waals surface area contributed by atoms with Gasteiger partial charge in [0.25, 0.3) is 0 Å². The molecule has 1 rings (SSSR count). The van der Waals surface area contributed by atoms with E-state index in [1.54, 1.807) is 0 Å². The van der Waals surface area contributed by atoms with E-state index in [1.165, 1.54) is 18.2 Å². The molecular formula is C11H10Cl2F3NO2. The van der Waals surface area contributed by atoms with Crippen molar-refractivity contribution in [2.24, 2.45) is 0 Å². The molecule has 0 bridgehead atoms. The largest absolute Gasteiger partial charge is 0.480 e. The van der Waals surface area contributed by atoms with E-state index in [0.717, 1.165) is 4.90 Å². The van der Waals surface area contributed by atoms with E-state index in [0.29, 0.717) is 5.56 Å². The second-order valence-corrected chi connectivity index (χ2v) is 4.80. The van der Waals surface area contributed by atoms with Crippen molar-refractivity contribution < 1.29 is 23.1 Å². The predicted octanol–water partition coefficient (Wildman–Crippen LogP) is 3.44. The minimum Gasteiger partial charge on any atom is -0.480 e. The maximum absolute atomic E-state index is 12.3. The van der Waals surface area contributed by atoms with E-state index in [-0.39, 0.29) is 16.6 Å². The SMILES string of the molecule is O=C(O)CN(Cc1cc(Cl)cc(Cl)c1)CC(F)(F)F. The monoisotopic (exact) mass is 315 g/mol. The van der Waals surface area contributed by atoms with Gasteiger partial charge in [-0.15, -0.1) is 0 Å². The van der Waals surface area contributed by atoms with E-state index in [9.17, 15) is 18.0 Å². The van der Waals surface area contributed by atoms with Gasteiger partial charge in [-0.25, -0.2) is 0 Å². The Morgan fingerprint density at radius 1 is 1.21 bits per heavy atom. The fraction of sp³-hybridized carbons (Fsp3) is 0.364. The van der Waals surface area contributed by atoms with E-state index >= 15 is 0 Å². The number of halogens is 5. The van der Waals surface area contributed by atoms with Crippen molar-refractivity contribution in [2.75, 3.05) is 13.1 Å². The molecule has 1 aromatic carbocycles. The summed E-state index contributed by atoms with van der Waals surface area (Å²) in [5, 5.41) is 9.17. The highest BCUT2D eigenvalue weighted by atomic mass is 35.5. The Labute approximate surface area is 117 Å². The second-order valence-electron chi connectivity index (χ2n) is 3.93. The van der Waals surface area contributed by atoms with Crippen LogP contribution in [0.5, 0.6) is 0 Å². The first kappa shape index (κ1) is 16.1. The van der Waals surface area contributed by atoms with Crippen molar-refractivity contribution in [1.82, 2.24) is 4.90 Å². The number of hydrogen-bond acceptors (Lipinski definition) is 2. The Kier molecular flexibility index (Phi) is 5.46. The molecule has 0 saturated heterocycles. The molecule has 0 spiro atoms. The standard InChI is InChI=1S/C11H10Cl2F3NO2/c12-8-1-7(2-9(13)3-8)4-17(5-10(18)19)6-11(14,15)16/h1-3H,4-6H2,(H,18,19). The Hall–Kier alpha value is -0.980. The van der Waals surface area contributed by atoms with E-state index in [2.05, 4.69) is 0 Å². The number of aliphatic carboxylic acids is 1. The number of alkyl halides is 3. The molecule has 0 heterocycles. The third kappa shape index (κ3) is 6.66. The third-order valence-electron chi connectivity index (χ3n) is 2.09. The van der Waals surface area contributed by atoms with Gasteiger partial charge < -0.3 is 5.11 Å². The zero-order valence-electron chi connectivity index (χ0n) is 9.55. The number of benzene rings is 1. The van der Waals surface area contributed by atoms with Gasteiger partial charge in [-0.1, -0.05) is 23.2 Å². The molecule has 0 fully saturated rings.